The maximum absolute atomic E-state index is 13.0. The number of likely N-dealkylation sites (tertiary alicyclic amines) is 1. The molecule has 5 heteroatoms. The van der Waals surface area contributed by atoms with E-state index in [2.05, 4.69) is 18.4 Å². The zero-order valence-corrected chi connectivity index (χ0v) is 13.6. The Morgan fingerprint density at radius 3 is 2.45 bits per heavy atom. The van der Waals surface area contributed by atoms with Gasteiger partial charge in [0.15, 0.2) is 0 Å². The van der Waals surface area contributed by atoms with Gasteiger partial charge in [-0.05, 0) is 52.5 Å². The molecule has 1 aromatic heterocycles. The van der Waals surface area contributed by atoms with E-state index in [-0.39, 0.29) is 23.8 Å². The summed E-state index contributed by atoms with van der Waals surface area (Å²) in [5.41, 5.74) is 8.42. The number of aryl methyl sites for hydroxylation is 1. The van der Waals surface area contributed by atoms with Gasteiger partial charge >= 0.3 is 0 Å². The summed E-state index contributed by atoms with van der Waals surface area (Å²) in [6, 6.07) is 2.72. The highest BCUT2D eigenvalue weighted by atomic mass is 16.2. The SMILES string of the molecule is Cc1cc(C(=O)N2C[C@H](C(N)=O)CC[C@H]2C)c(C)n1C1CC1. The quantitative estimate of drug-likeness (QED) is 0.929. The number of aromatic nitrogens is 1. The van der Waals surface area contributed by atoms with Crippen molar-refractivity contribution in [2.24, 2.45) is 11.7 Å². The van der Waals surface area contributed by atoms with Crippen molar-refractivity contribution in [2.75, 3.05) is 6.54 Å². The van der Waals surface area contributed by atoms with Gasteiger partial charge in [0.1, 0.15) is 0 Å². The molecular formula is C17H25N3O2. The Hall–Kier alpha value is -1.78. The number of amides is 2. The maximum atomic E-state index is 13.0. The Morgan fingerprint density at radius 2 is 1.86 bits per heavy atom. The molecule has 5 nitrogen and oxygen atoms in total. The third-order valence-corrected chi connectivity index (χ3v) is 5.17. The van der Waals surface area contributed by atoms with Crippen molar-refractivity contribution >= 4 is 11.8 Å². The van der Waals surface area contributed by atoms with Gasteiger partial charge in [-0.25, -0.2) is 0 Å². The highest BCUT2D eigenvalue weighted by molar-refractivity contribution is 5.96. The fraction of sp³-hybridized carbons (Fsp3) is 0.647. The molecule has 2 heterocycles. The summed E-state index contributed by atoms with van der Waals surface area (Å²) in [6.07, 6.45) is 4.02. The molecule has 2 fully saturated rings. The molecule has 1 saturated carbocycles. The minimum Gasteiger partial charge on any atom is -0.369 e. The first-order valence-corrected chi connectivity index (χ1v) is 8.18. The number of nitrogens with two attached hydrogens (primary N) is 1. The number of hydrogen-bond acceptors (Lipinski definition) is 2. The van der Waals surface area contributed by atoms with Crippen LogP contribution in [0.25, 0.3) is 0 Å². The first-order valence-electron chi connectivity index (χ1n) is 8.18. The Morgan fingerprint density at radius 1 is 1.18 bits per heavy atom. The van der Waals surface area contributed by atoms with E-state index in [4.69, 9.17) is 5.73 Å². The number of carbonyl (C=O) groups excluding carboxylic acids is 2. The summed E-state index contributed by atoms with van der Waals surface area (Å²) >= 11 is 0. The van der Waals surface area contributed by atoms with Gasteiger partial charge in [-0.15, -0.1) is 0 Å². The van der Waals surface area contributed by atoms with Crippen molar-refractivity contribution in [3.63, 3.8) is 0 Å². The molecule has 0 unspecified atom stereocenters. The van der Waals surface area contributed by atoms with Crippen molar-refractivity contribution in [1.29, 1.82) is 0 Å². The monoisotopic (exact) mass is 303 g/mol. The number of nitrogens with zero attached hydrogens (tertiary/aromatic N) is 2. The summed E-state index contributed by atoms with van der Waals surface area (Å²) in [7, 11) is 0. The molecule has 2 aliphatic rings. The molecule has 2 amide bonds. The van der Waals surface area contributed by atoms with Gasteiger partial charge in [0.05, 0.1) is 11.5 Å². The van der Waals surface area contributed by atoms with Crippen LogP contribution in [0.15, 0.2) is 6.07 Å². The van der Waals surface area contributed by atoms with Gasteiger partial charge in [0, 0.05) is 30.0 Å². The van der Waals surface area contributed by atoms with E-state index in [1.807, 2.05) is 17.9 Å². The topological polar surface area (TPSA) is 68.3 Å². The first kappa shape index (κ1) is 15.1. The molecule has 0 aromatic carbocycles. The number of hydrogen-bond donors (Lipinski definition) is 1. The Labute approximate surface area is 131 Å². The number of carbonyl (C=O) groups is 2. The summed E-state index contributed by atoms with van der Waals surface area (Å²) in [5, 5.41) is 0. The molecule has 0 bridgehead atoms. The second-order valence-electron chi connectivity index (χ2n) is 6.87. The normalized spacial score (nSPS) is 25.3. The molecule has 1 aromatic rings. The van der Waals surface area contributed by atoms with E-state index in [1.54, 1.807) is 0 Å². The smallest absolute Gasteiger partial charge is 0.255 e. The number of piperidine rings is 1. The third kappa shape index (κ3) is 2.53. The summed E-state index contributed by atoms with van der Waals surface area (Å²) in [5.74, 6) is -0.473. The van der Waals surface area contributed by atoms with E-state index >= 15 is 0 Å². The van der Waals surface area contributed by atoms with Crippen LogP contribution < -0.4 is 5.73 Å². The molecule has 22 heavy (non-hydrogen) atoms. The van der Waals surface area contributed by atoms with Crippen LogP contribution in [0.1, 0.15) is 60.4 Å². The van der Waals surface area contributed by atoms with Crippen LogP contribution >= 0.6 is 0 Å². The average molecular weight is 303 g/mol. The zero-order chi connectivity index (χ0) is 16.0. The van der Waals surface area contributed by atoms with Crippen LogP contribution in [-0.2, 0) is 4.79 Å². The van der Waals surface area contributed by atoms with Gasteiger partial charge in [-0.3, -0.25) is 9.59 Å². The van der Waals surface area contributed by atoms with Crippen LogP contribution in [0.2, 0.25) is 0 Å². The fourth-order valence-electron chi connectivity index (χ4n) is 3.67. The van der Waals surface area contributed by atoms with Crippen molar-refractivity contribution in [3.8, 4) is 0 Å². The van der Waals surface area contributed by atoms with E-state index < -0.39 is 0 Å². The van der Waals surface area contributed by atoms with Crippen molar-refractivity contribution < 1.29 is 9.59 Å². The minimum atomic E-state index is -0.298. The molecule has 3 rings (SSSR count). The van der Waals surface area contributed by atoms with Crippen LogP contribution in [0.4, 0.5) is 0 Å². The van der Waals surface area contributed by atoms with Gasteiger partial charge in [0.25, 0.3) is 5.91 Å². The van der Waals surface area contributed by atoms with Gasteiger partial charge in [-0.2, -0.15) is 0 Å². The summed E-state index contributed by atoms with van der Waals surface area (Å²) in [6.45, 7) is 6.59. The Kier molecular flexibility index (Phi) is 3.75. The third-order valence-electron chi connectivity index (χ3n) is 5.17. The average Bonchev–Trinajstić information content (AvgIpc) is 3.24. The van der Waals surface area contributed by atoms with Crippen LogP contribution in [0.5, 0.6) is 0 Å². The van der Waals surface area contributed by atoms with Crippen LogP contribution in [0, 0.1) is 19.8 Å². The largest absolute Gasteiger partial charge is 0.369 e. The zero-order valence-electron chi connectivity index (χ0n) is 13.6. The predicted octanol–water partition coefficient (Wildman–Crippen LogP) is 2.17. The molecular weight excluding hydrogens is 278 g/mol. The standard InChI is InChI=1S/C17H25N3O2/c1-10-4-5-13(16(18)21)9-19(10)17(22)15-8-11(2)20(12(15)3)14-6-7-14/h8,10,13-14H,4-7,9H2,1-3H3,(H2,18,21)/t10-,13-/m1/s1. The Bertz CT molecular complexity index is 616. The summed E-state index contributed by atoms with van der Waals surface area (Å²) < 4.78 is 2.29. The van der Waals surface area contributed by atoms with E-state index in [0.717, 1.165) is 29.8 Å². The molecule has 1 aliphatic carbocycles. The lowest BCUT2D eigenvalue weighted by atomic mass is 9.92. The first-order chi connectivity index (χ1) is 10.4. The molecule has 0 radical (unpaired) electrons. The van der Waals surface area contributed by atoms with Crippen molar-refractivity contribution in [2.45, 2.75) is 58.5 Å². The lowest BCUT2D eigenvalue weighted by molar-refractivity contribution is -0.123. The maximum Gasteiger partial charge on any atom is 0.255 e. The minimum absolute atomic E-state index is 0.0402. The lowest BCUT2D eigenvalue weighted by Gasteiger charge is -2.37. The lowest BCUT2D eigenvalue weighted by Crippen LogP contribution is -2.48. The second-order valence-corrected chi connectivity index (χ2v) is 6.87. The molecule has 1 saturated heterocycles. The summed E-state index contributed by atoms with van der Waals surface area (Å²) in [4.78, 5) is 26.3. The van der Waals surface area contributed by atoms with Crippen LogP contribution in [0.3, 0.4) is 0 Å². The van der Waals surface area contributed by atoms with Gasteiger partial charge in [-0.1, -0.05) is 0 Å². The molecule has 1 aliphatic heterocycles. The molecule has 2 atom stereocenters. The van der Waals surface area contributed by atoms with Crippen LogP contribution in [-0.4, -0.2) is 33.9 Å². The molecule has 2 N–H and O–H groups in total. The van der Waals surface area contributed by atoms with Crippen molar-refractivity contribution in [1.82, 2.24) is 9.47 Å². The molecule has 120 valence electrons. The molecule has 0 spiro atoms. The second kappa shape index (κ2) is 5.45. The van der Waals surface area contributed by atoms with E-state index in [0.29, 0.717) is 12.6 Å². The van der Waals surface area contributed by atoms with E-state index in [1.165, 1.54) is 12.8 Å². The van der Waals surface area contributed by atoms with Gasteiger partial charge in [0.2, 0.25) is 5.91 Å². The van der Waals surface area contributed by atoms with Gasteiger partial charge < -0.3 is 15.2 Å². The highest BCUT2D eigenvalue weighted by Gasteiger charge is 2.34. The number of primary amides is 1. The number of rotatable bonds is 3. The predicted molar refractivity (Wildman–Crippen MR) is 84.6 cm³/mol. The van der Waals surface area contributed by atoms with E-state index in [9.17, 15) is 9.59 Å². The van der Waals surface area contributed by atoms with Crippen molar-refractivity contribution in [3.05, 3.63) is 23.0 Å². The Balaban J connectivity index is 1.86. The highest BCUT2D eigenvalue weighted by Crippen LogP contribution is 2.38. The fourth-order valence-corrected chi connectivity index (χ4v) is 3.67.